The predicted molar refractivity (Wildman–Crippen MR) is 110 cm³/mol. The van der Waals surface area contributed by atoms with Crippen LogP contribution in [-0.2, 0) is 21.3 Å². The van der Waals surface area contributed by atoms with E-state index < -0.39 is 41.7 Å². The maximum absolute atomic E-state index is 13.1. The molecule has 0 radical (unpaired) electrons. The van der Waals surface area contributed by atoms with Crippen molar-refractivity contribution >= 4 is 23.5 Å². The van der Waals surface area contributed by atoms with Gasteiger partial charge in [-0.05, 0) is 42.8 Å². The molecule has 2 heterocycles. The molecule has 0 aliphatic carbocycles. The highest BCUT2D eigenvalue weighted by Gasteiger charge is 2.49. The van der Waals surface area contributed by atoms with Crippen molar-refractivity contribution in [1.29, 1.82) is 0 Å². The van der Waals surface area contributed by atoms with Crippen LogP contribution in [0.3, 0.4) is 0 Å². The number of fused-ring (bicyclic) bond motifs is 1. The average Bonchev–Trinajstić information content (AvgIpc) is 2.92. The van der Waals surface area contributed by atoms with Gasteiger partial charge in [0, 0.05) is 12.1 Å². The standard InChI is InChI=1S/C22H20F3N3O5/c1-21(13-6-7-16-17(11-13)33-9-3-8-32-16)19(30)28(20(31)27-21)12-18(29)26-15-5-2-4-14(10-15)22(23,24)25/h2,4-7,10-11H,3,8-9,12H2,1H3,(H,26,29)(H,27,31)/t21-/m0/s1. The second-order valence-electron chi connectivity index (χ2n) is 7.79. The molecule has 0 saturated carbocycles. The van der Waals surface area contributed by atoms with Gasteiger partial charge in [0.05, 0.1) is 18.8 Å². The smallest absolute Gasteiger partial charge is 0.416 e. The maximum atomic E-state index is 13.1. The molecule has 2 aliphatic rings. The molecule has 2 N–H and O–H groups in total. The molecule has 174 valence electrons. The number of urea groups is 1. The number of anilines is 1. The molecule has 1 atom stereocenters. The van der Waals surface area contributed by atoms with Crippen LogP contribution in [0.5, 0.6) is 11.5 Å². The molecule has 4 amide bonds. The van der Waals surface area contributed by atoms with E-state index in [9.17, 15) is 27.6 Å². The fourth-order valence-corrected chi connectivity index (χ4v) is 3.63. The Morgan fingerprint density at radius 3 is 2.58 bits per heavy atom. The van der Waals surface area contributed by atoms with Crippen molar-refractivity contribution < 1.29 is 37.0 Å². The molecule has 0 bridgehead atoms. The Balaban J connectivity index is 1.49. The van der Waals surface area contributed by atoms with Crippen LogP contribution in [0.25, 0.3) is 0 Å². The highest BCUT2D eigenvalue weighted by Crippen LogP contribution is 2.36. The molecular weight excluding hydrogens is 443 g/mol. The third-order valence-corrected chi connectivity index (χ3v) is 5.38. The summed E-state index contributed by atoms with van der Waals surface area (Å²) in [5.41, 5.74) is -2.06. The Morgan fingerprint density at radius 2 is 1.85 bits per heavy atom. The van der Waals surface area contributed by atoms with Gasteiger partial charge in [-0.2, -0.15) is 13.2 Å². The van der Waals surface area contributed by atoms with E-state index in [1.165, 1.54) is 13.0 Å². The summed E-state index contributed by atoms with van der Waals surface area (Å²) in [7, 11) is 0. The molecule has 8 nitrogen and oxygen atoms in total. The molecule has 2 aromatic carbocycles. The quantitative estimate of drug-likeness (QED) is 0.679. The minimum absolute atomic E-state index is 0.104. The lowest BCUT2D eigenvalue weighted by molar-refractivity contribution is -0.137. The van der Waals surface area contributed by atoms with Gasteiger partial charge in [0.25, 0.3) is 5.91 Å². The van der Waals surface area contributed by atoms with Crippen LogP contribution in [0.15, 0.2) is 42.5 Å². The monoisotopic (exact) mass is 463 g/mol. The van der Waals surface area contributed by atoms with Gasteiger partial charge in [0.1, 0.15) is 12.1 Å². The number of hydrogen-bond acceptors (Lipinski definition) is 5. The Hall–Kier alpha value is -3.76. The zero-order chi connectivity index (χ0) is 23.8. The first kappa shape index (κ1) is 22.4. The molecule has 1 fully saturated rings. The van der Waals surface area contributed by atoms with E-state index in [-0.39, 0.29) is 5.69 Å². The summed E-state index contributed by atoms with van der Waals surface area (Å²) in [6.45, 7) is 1.77. The normalized spacial score (nSPS) is 20.3. The Morgan fingerprint density at radius 1 is 1.12 bits per heavy atom. The lowest BCUT2D eigenvalue weighted by atomic mass is 9.91. The van der Waals surface area contributed by atoms with Gasteiger partial charge in [0.15, 0.2) is 11.5 Å². The van der Waals surface area contributed by atoms with Crippen molar-refractivity contribution in [1.82, 2.24) is 10.2 Å². The van der Waals surface area contributed by atoms with E-state index >= 15 is 0 Å². The van der Waals surface area contributed by atoms with E-state index in [2.05, 4.69) is 10.6 Å². The highest BCUT2D eigenvalue weighted by atomic mass is 19.4. The number of nitrogens with zero attached hydrogens (tertiary/aromatic N) is 1. The van der Waals surface area contributed by atoms with Gasteiger partial charge in [-0.25, -0.2) is 4.79 Å². The summed E-state index contributed by atoms with van der Waals surface area (Å²) in [4.78, 5) is 38.7. The van der Waals surface area contributed by atoms with Crippen LogP contribution < -0.4 is 20.1 Å². The first-order valence-corrected chi connectivity index (χ1v) is 10.1. The van der Waals surface area contributed by atoms with Crippen molar-refractivity contribution in [3.63, 3.8) is 0 Å². The van der Waals surface area contributed by atoms with Crippen LogP contribution in [0.4, 0.5) is 23.7 Å². The number of alkyl halides is 3. The summed E-state index contributed by atoms with van der Waals surface area (Å²) in [6.07, 6.45) is -3.87. The van der Waals surface area contributed by atoms with Gasteiger partial charge in [0.2, 0.25) is 5.91 Å². The third kappa shape index (κ3) is 4.43. The minimum Gasteiger partial charge on any atom is -0.490 e. The molecule has 11 heteroatoms. The van der Waals surface area contributed by atoms with E-state index in [0.29, 0.717) is 41.6 Å². The summed E-state index contributed by atoms with van der Waals surface area (Å²) in [5.74, 6) is -0.537. The van der Waals surface area contributed by atoms with E-state index in [0.717, 1.165) is 18.2 Å². The first-order chi connectivity index (χ1) is 15.6. The van der Waals surface area contributed by atoms with E-state index in [1.54, 1.807) is 18.2 Å². The van der Waals surface area contributed by atoms with Crippen molar-refractivity contribution in [3.8, 4) is 11.5 Å². The number of amides is 4. The number of ether oxygens (including phenoxy) is 2. The van der Waals surface area contributed by atoms with Crippen molar-refractivity contribution in [2.24, 2.45) is 0 Å². The zero-order valence-electron chi connectivity index (χ0n) is 17.5. The molecule has 2 aromatic rings. The summed E-state index contributed by atoms with van der Waals surface area (Å²) in [6, 6.07) is 8.13. The Labute approximate surface area is 186 Å². The summed E-state index contributed by atoms with van der Waals surface area (Å²) in [5, 5.41) is 4.87. The summed E-state index contributed by atoms with van der Waals surface area (Å²) < 4.78 is 49.8. The first-order valence-electron chi connectivity index (χ1n) is 10.1. The van der Waals surface area contributed by atoms with Crippen LogP contribution in [-0.4, -0.2) is 42.5 Å². The fourth-order valence-electron chi connectivity index (χ4n) is 3.63. The van der Waals surface area contributed by atoms with Gasteiger partial charge in [-0.15, -0.1) is 0 Å². The number of rotatable bonds is 4. The number of hydrogen-bond donors (Lipinski definition) is 2. The number of carbonyl (C=O) groups is 3. The lowest BCUT2D eigenvalue weighted by Gasteiger charge is -2.23. The minimum atomic E-state index is -4.57. The molecule has 0 spiro atoms. The van der Waals surface area contributed by atoms with Crippen molar-refractivity contribution in [3.05, 3.63) is 53.6 Å². The van der Waals surface area contributed by atoms with Crippen LogP contribution in [0.2, 0.25) is 0 Å². The second kappa shape index (κ2) is 8.30. The topological polar surface area (TPSA) is 97.0 Å². The number of carbonyl (C=O) groups excluding carboxylic acids is 3. The lowest BCUT2D eigenvalue weighted by Crippen LogP contribution is -2.42. The molecule has 4 rings (SSSR count). The second-order valence-corrected chi connectivity index (χ2v) is 7.79. The highest BCUT2D eigenvalue weighted by molar-refractivity contribution is 6.10. The molecule has 0 aromatic heterocycles. The Kier molecular flexibility index (Phi) is 5.64. The third-order valence-electron chi connectivity index (χ3n) is 5.38. The number of nitrogens with one attached hydrogen (secondary N) is 2. The van der Waals surface area contributed by atoms with Gasteiger partial charge >= 0.3 is 12.2 Å². The SMILES string of the molecule is C[C@@]1(c2ccc3c(c2)OCCCO3)NC(=O)N(CC(=O)Nc2cccc(C(F)(F)F)c2)C1=O. The van der Waals surface area contributed by atoms with E-state index in [4.69, 9.17) is 9.47 Å². The van der Waals surface area contributed by atoms with Crippen LogP contribution in [0.1, 0.15) is 24.5 Å². The number of halogens is 3. The maximum Gasteiger partial charge on any atom is 0.416 e. The number of benzene rings is 2. The van der Waals surface area contributed by atoms with Gasteiger partial charge in [-0.3, -0.25) is 14.5 Å². The van der Waals surface area contributed by atoms with Gasteiger partial charge in [-0.1, -0.05) is 12.1 Å². The van der Waals surface area contributed by atoms with Crippen LogP contribution in [0, 0.1) is 0 Å². The molecular formula is C22H20F3N3O5. The fraction of sp³-hybridized carbons (Fsp3) is 0.318. The molecule has 2 aliphatic heterocycles. The molecule has 0 unspecified atom stereocenters. The zero-order valence-corrected chi connectivity index (χ0v) is 17.5. The van der Waals surface area contributed by atoms with Crippen LogP contribution >= 0.6 is 0 Å². The average molecular weight is 463 g/mol. The summed E-state index contributed by atoms with van der Waals surface area (Å²) >= 11 is 0. The largest absolute Gasteiger partial charge is 0.490 e. The Bertz CT molecular complexity index is 1120. The predicted octanol–water partition coefficient (Wildman–Crippen LogP) is 3.27. The van der Waals surface area contributed by atoms with Crippen molar-refractivity contribution in [2.45, 2.75) is 25.1 Å². The van der Waals surface area contributed by atoms with Crippen molar-refractivity contribution in [2.75, 3.05) is 25.1 Å². The molecule has 1 saturated heterocycles. The molecule has 33 heavy (non-hydrogen) atoms. The number of imide groups is 1. The van der Waals surface area contributed by atoms with Gasteiger partial charge < -0.3 is 20.1 Å². The van der Waals surface area contributed by atoms with E-state index in [1.807, 2.05) is 0 Å².